The van der Waals surface area contributed by atoms with Gasteiger partial charge >= 0.3 is 0 Å². The Kier molecular flexibility index (Phi) is 6.76. The average molecular weight is 347 g/mol. The first-order chi connectivity index (χ1) is 12.7. The number of rotatable bonds is 6. The standard InChI is InChI=1S/C24H30N2/c1-19(23-9-5-3-6-10-23)25-17-21-13-15-22(16-14-21)18-26-20(2)24-11-7-4-8-12-24/h3-12,21-22H,13-18H2,1-2H3. The van der Waals surface area contributed by atoms with Crippen molar-refractivity contribution in [1.82, 2.24) is 0 Å². The van der Waals surface area contributed by atoms with Crippen molar-refractivity contribution < 1.29 is 0 Å². The molecule has 0 radical (unpaired) electrons. The number of hydrogen-bond donors (Lipinski definition) is 0. The smallest absolute Gasteiger partial charge is 0.0420 e. The van der Waals surface area contributed by atoms with E-state index in [2.05, 4.69) is 74.5 Å². The van der Waals surface area contributed by atoms with E-state index in [1.54, 1.807) is 0 Å². The van der Waals surface area contributed by atoms with Crippen molar-refractivity contribution in [2.75, 3.05) is 13.1 Å². The lowest BCUT2D eigenvalue weighted by atomic mass is 9.82. The molecule has 1 aliphatic carbocycles. The summed E-state index contributed by atoms with van der Waals surface area (Å²) in [6.45, 7) is 6.20. The zero-order valence-electron chi connectivity index (χ0n) is 16.1. The van der Waals surface area contributed by atoms with Crippen molar-refractivity contribution in [1.29, 1.82) is 0 Å². The molecule has 3 rings (SSSR count). The number of nitrogens with zero attached hydrogens (tertiary/aromatic N) is 2. The lowest BCUT2D eigenvalue weighted by Crippen LogP contribution is -2.19. The molecule has 0 aliphatic heterocycles. The minimum Gasteiger partial charge on any atom is -0.289 e. The van der Waals surface area contributed by atoms with Gasteiger partial charge < -0.3 is 0 Å². The third-order valence-electron chi connectivity index (χ3n) is 5.52. The first-order valence-corrected chi connectivity index (χ1v) is 9.85. The summed E-state index contributed by atoms with van der Waals surface area (Å²) in [5.41, 5.74) is 4.81. The summed E-state index contributed by atoms with van der Waals surface area (Å²) in [5.74, 6) is 1.48. The van der Waals surface area contributed by atoms with E-state index in [-0.39, 0.29) is 0 Å². The molecule has 1 saturated carbocycles. The molecule has 26 heavy (non-hydrogen) atoms. The molecule has 0 heterocycles. The van der Waals surface area contributed by atoms with Gasteiger partial charge in [-0.05, 0) is 62.5 Å². The fourth-order valence-electron chi connectivity index (χ4n) is 3.67. The van der Waals surface area contributed by atoms with Crippen molar-refractivity contribution in [3.63, 3.8) is 0 Å². The van der Waals surface area contributed by atoms with Crippen molar-refractivity contribution >= 4 is 11.4 Å². The molecule has 0 aromatic heterocycles. The first kappa shape index (κ1) is 18.6. The van der Waals surface area contributed by atoms with Gasteiger partial charge in [0.25, 0.3) is 0 Å². The summed E-state index contributed by atoms with van der Waals surface area (Å²) in [6.07, 6.45) is 5.15. The molecule has 2 heteroatoms. The van der Waals surface area contributed by atoms with Crippen LogP contribution in [0.25, 0.3) is 0 Å². The van der Waals surface area contributed by atoms with Gasteiger partial charge in [0.15, 0.2) is 0 Å². The van der Waals surface area contributed by atoms with Crippen LogP contribution in [0.2, 0.25) is 0 Å². The van der Waals surface area contributed by atoms with Crippen LogP contribution in [0, 0.1) is 11.8 Å². The van der Waals surface area contributed by atoms with E-state index >= 15 is 0 Å². The largest absolute Gasteiger partial charge is 0.289 e. The van der Waals surface area contributed by atoms with E-state index in [9.17, 15) is 0 Å². The number of benzene rings is 2. The van der Waals surface area contributed by atoms with E-state index in [1.165, 1.54) is 36.8 Å². The molecular weight excluding hydrogens is 316 g/mol. The average Bonchev–Trinajstić information content (AvgIpc) is 2.72. The quantitative estimate of drug-likeness (QED) is 0.590. The van der Waals surface area contributed by atoms with Crippen LogP contribution in [0.15, 0.2) is 70.6 Å². The zero-order valence-corrected chi connectivity index (χ0v) is 16.1. The van der Waals surface area contributed by atoms with Crippen molar-refractivity contribution in [3.05, 3.63) is 71.8 Å². The highest BCUT2D eigenvalue weighted by Crippen LogP contribution is 2.29. The second-order valence-electron chi connectivity index (χ2n) is 7.47. The lowest BCUT2D eigenvalue weighted by molar-refractivity contribution is 0.286. The minimum absolute atomic E-state index is 0.740. The Bertz CT molecular complexity index is 658. The van der Waals surface area contributed by atoms with Gasteiger partial charge in [-0.3, -0.25) is 9.98 Å². The topological polar surface area (TPSA) is 24.7 Å². The van der Waals surface area contributed by atoms with Gasteiger partial charge in [-0.15, -0.1) is 0 Å². The van der Waals surface area contributed by atoms with Gasteiger partial charge in [-0.25, -0.2) is 0 Å². The Balaban J connectivity index is 1.44. The molecule has 0 spiro atoms. The summed E-state index contributed by atoms with van der Waals surface area (Å²) in [5, 5.41) is 0. The van der Waals surface area contributed by atoms with Gasteiger partial charge in [0.2, 0.25) is 0 Å². The molecule has 2 aromatic rings. The molecule has 0 saturated heterocycles. The highest BCUT2D eigenvalue weighted by Gasteiger charge is 2.20. The Morgan fingerprint density at radius 3 is 1.35 bits per heavy atom. The highest BCUT2D eigenvalue weighted by atomic mass is 14.8. The fourth-order valence-corrected chi connectivity index (χ4v) is 3.67. The van der Waals surface area contributed by atoms with Gasteiger partial charge in [-0.2, -0.15) is 0 Å². The first-order valence-electron chi connectivity index (χ1n) is 9.85. The Hall–Kier alpha value is -2.22. The minimum atomic E-state index is 0.740. The number of aliphatic imine (C=N–C) groups is 2. The predicted molar refractivity (Wildman–Crippen MR) is 112 cm³/mol. The van der Waals surface area contributed by atoms with E-state index < -0.39 is 0 Å². The normalized spacial score (nSPS) is 21.6. The van der Waals surface area contributed by atoms with Crippen LogP contribution in [0.3, 0.4) is 0 Å². The third kappa shape index (κ3) is 5.39. The molecule has 1 fully saturated rings. The van der Waals surface area contributed by atoms with E-state index in [1.807, 2.05) is 0 Å². The highest BCUT2D eigenvalue weighted by molar-refractivity contribution is 5.99. The van der Waals surface area contributed by atoms with Crippen LogP contribution in [0.5, 0.6) is 0 Å². The van der Waals surface area contributed by atoms with Gasteiger partial charge in [0, 0.05) is 24.5 Å². The van der Waals surface area contributed by atoms with E-state index in [4.69, 9.17) is 9.98 Å². The van der Waals surface area contributed by atoms with Crippen molar-refractivity contribution in [2.24, 2.45) is 21.8 Å². The van der Waals surface area contributed by atoms with E-state index in [0.717, 1.165) is 36.3 Å². The molecule has 2 nitrogen and oxygen atoms in total. The SMILES string of the molecule is CC(=NCC1CCC(CN=C(C)c2ccccc2)CC1)c1ccccc1. The Labute approximate surface area is 158 Å². The maximum Gasteiger partial charge on any atom is 0.0420 e. The second kappa shape index (κ2) is 9.47. The second-order valence-corrected chi connectivity index (χ2v) is 7.47. The van der Waals surface area contributed by atoms with Crippen LogP contribution < -0.4 is 0 Å². The molecule has 0 N–H and O–H groups in total. The van der Waals surface area contributed by atoms with Crippen LogP contribution in [-0.4, -0.2) is 24.5 Å². The van der Waals surface area contributed by atoms with Crippen molar-refractivity contribution in [3.8, 4) is 0 Å². The Morgan fingerprint density at radius 2 is 1.00 bits per heavy atom. The molecule has 0 unspecified atom stereocenters. The summed E-state index contributed by atoms with van der Waals surface area (Å²) < 4.78 is 0. The third-order valence-corrected chi connectivity index (χ3v) is 5.52. The van der Waals surface area contributed by atoms with Crippen molar-refractivity contribution in [2.45, 2.75) is 39.5 Å². The van der Waals surface area contributed by atoms with Crippen LogP contribution >= 0.6 is 0 Å². The van der Waals surface area contributed by atoms with Crippen LogP contribution in [-0.2, 0) is 0 Å². The summed E-state index contributed by atoms with van der Waals surface area (Å²) in [4.78, 5) is 9.69. The molecular formula is C24H30N2. The van der Waals surface area contributed by atoms with E-state index in [0.29, 0.717) is 0 Å². The maximum absolute atomic E-state index is 4.85. The zero-order chi connectivity index (χ0) is 18.2. The summed E-state index contributed by atoms with van der Waals surface area (Å²) in [6, 6.07) is 21.0. The molecule has 0 bridgehead atoms. The molecule has 136 valence electrons. The predicted octanol–water partition coefficient (Wildman–Crippen LogP) is 5.81. The molecule has 0 atom stereocenters. The molecule has 0 amide bonds. The molecule has 2 aromatic carbocycles. The Morgan fingerprint density at radius 1 is 0.654 bits per heavy atom. The van der Waals surface area contributed by atoms with Gasteiger partial charge in [-0.1, -0.05) is 60.7 Å². The van der Waals surface area contributed by atoms with Crippen LogP contribution in [0.4, 0.5) is 0 Å². The molecule has 1 aliphatic rings. The van der Waals surface area contributed by atoms with Gasteiger partial charge in [0.05, 0.1) is 0 Å². The number of hydrogen-bond acceptors (Lipinski definition) is 2. The lowest BCUT2D eigenvalue weighted by Gasteiger charge is -2.26. The fraction of sp³-hybridized carbons (Fsp3) is 0.417. The summed E-state index contributed by atoms with van der Waals surface area (Å²) >= 11 is 0. The summed E-state index contributed by atoms with van der Waals surface area (Å²) in [7, 11) is 0. The monoisotopic (exact) mass is 346 g/mol. The maximum atomic E-state index is 4.85. The van der Waals surface area contributed by atoms with Gasteiger partial charge in [0.1, 0.15) is 0 Å². The van der Waals surface area contributed by atoms with Crippen LogP contribution in [0.1, 0.15) is 50.7 Å².